The monoisotopic (exact) mass is 287 g/mol. The Labute approximate surface area is 110 Å². The third-order valence-electron chi connectivity index (χ3n) is 2.03. The van der Waals surface area contributed by atoms with E-state index in [1.54, 1.807) is 0 Å². The molecule has 2 N–H and O–H groups in total. The zero-order valence-electron chi connectivity index (χ0n) is 9.81. The third kappa shape index (κ3) is 3.93. The van der Waals surface area contributed by atoms with Crippen LogP contribution in [0.15, 0.2) is 24.5 Å². The van der Waals surface area contributed by atoms with Crippen molar-refractivity contribution in [3.8, 4) is 5.88 Å². The van der Waals surface area contributed by atoms with Crippen molar-refractivity contribution in [2.75, 3.05) is 11.9 Å². The number of aromatic nitrogens is 4. The molecule has 0 saturated carbocycles. The second kappa shape index (κ2) is 5.55. The van der Waals surface area contributed by atoms with Crippen LogP contribution in [0, 0.1) is 0 Å². The summed E-state index contributed by atoms with van der Waals surface area (Å²) in [6.07, 6.45) is -2.03. The molecular weight excluding hydrogens is 279 g/mol. The molecule has 20 heavy (non-hydrogen) atoms. The van der Waals surface area contributed by atoms with Crippen molar-refractivity contribution in [3.05, 3.63) is 30.2 Å². The highest BCUT2D eigenvalue weighted by Gasteiger charge is 2.28. The Hall–Kier alpha value is -2.65. The number of nitrogens with one attached hydrogen (secondary N) is 2. The summed E-state index contributed by atoms with van der Waals surface area (Å²) >= 11 is 0. The first-order chi connectivity index (χ1) is 9.44. The lowest BCUT2D eigenvalue weighted by atomic mass is 10.3. The van der Waals surface area contributed by atoms with E-state index >= 15 is 0 Å². The molecule has 7 nitrogen and oxygen atoms in total. The molecule has 0 saturated heterocycles. The van der Waals surface area contributed by atoms with Gasteiger partial charge in [0, 0.05) is 6.07 Å². The Morgan fingerprint density at radius 3 is 2.70 bits per heavy atom. The lowest BCUT2D eigenvalue weighted by Crippen LogP contribution is -2.19. The summed E-state index contributed by atoms with van der Waals surface area (Å²) in [5.41, 5.74) is 0.361. The van der Waals surface area contributed by atoms with E-state index in [4.69, 9.17) is 0 Å². The Kier molecular flexibility index (Phi) is 3.82. The number of hydrogen-bond donors (Lipinski definition) is 2. The Morgan fingerprint density at radius 2 is 2.15 bits per heavy atom. The Bertz CT molecular complexity index is 568. The number of nitrogens with zero attached hydrogens (tertiary/aromatic N) is 3. The first kappa shape index (κ1) is 13.8. The number of rotatable bonds is 4. The lowest BCUT2D eigenvalue weighted by molar-refractivity contribution is -0.154. The van der Waals surface area contributed by atoms with Gasteiger partial charge >= 0.3 is 6.18 Å². The summed E-state index contributed by atoms with van der Waals surface area (Å²) in [7, 11) is 0. The van der Waals surface area contributed by atoms with Crippen LogP contribution >= 0.6 is 0 Å². The van der Waals surface area contributed by atoms with Gasteiger partial charge in [-0.2, -0.15) is 28.6 Å². The van der Waals surface area contributed by atoms with Gasteiger partial charge in [0.15, 0.2) is 12.3 Å². The molecule has 0 aliphatic heterocycles. The van der Waals surface area contributed by atoms with Crippen molar-refractivity contribution in [3.63, 3.8) is 0 Å². The molecule has 1 amide bonds. The molecular formula is C10H8F3N5O2. The number of alkyl halides is 3. The highest BCUT2D eigenvalue weighted by Crippen LogP contribution is 2.18. The van der Waals surface area contributed by atoms with Crippen molar-refractivity contribution in [2.45, 2.75) is 6.18 Å². The fraction of sp³-hybridized carbons (Fsp3) is 0.200. The van der Waals surface area contributed by atoms with Gasteiger partial charge in [0.2, 0.25) is 5.88 Å². The zero-order valence-corrected chi connectivity index (χ0v) is 9.81. The molecule has 0 fully saturated rings. The van der Waals surface area contributed by atoms with Gasteiger partial charge in [-0.05, 0) is 6.07 Å². The number of pyridine rings is 1. The smallest absolute Gasteiger partial charge is 0.422 e. The van der Waals surface area contributed by atoms with Crippen LogP contribution in [0.25, 0.3) is 0 Å². The number of carbonyl (C=O) groups excluding carboxylic acids is 1. The van der Waals surface area contributed by atoms with E-state index in [-0.39, 0.29) is 17.3 Å². The van der Waals surface area contributed by atoms with Gasteiger partial charge in [0.25, 0.3) is 5.91 Å². The number of aromatic amines is 1. The topological polar surface area (TPSA) is 92.8 Å². The minimum atomic E-state index is -4.43. The number of ether oxygens (including phenoxy) is 1. The molecule has 0 bridgehead atoms. The first-order valence-electron chi connectivity index (χ1n) is 5.27. The molecule has 106 valence electrons. The SMILES string of the molecule is O=C(Nc1ccc(OCC(F)(F)F)nc1)c1cn[nH]n1. The van der Waals surface area contributed by atoms with Crippen molar-refractivity contribution < 1.29 is 22.7 Å². The molecule has 2 heterocycles. The molecule has 0 aliphatic carbocycles. The quantitative estimate of drug-likeness (QED) is 0.886. The minimum Gasteiger partial charge on any atom is -0.468 e. The molecule has 10 heteroatoms. The molecule has 2 rings (SSSR count). The van der Waals surface area contributed by atoms with Crippen molar-refractivity contribution >= 4 is 11.6 Å². The Morgan fingerprint density at radius 1 is 1.35 bits per heavy atom. The van der Waals surface area contributed by atoms with Crippen LogP contribution in [0.3, 0.4) is 0 Å². The van der Waals surface area contributed by atoms with E-state index in [1.165, 1.54) is 24.5 Å². The van der Waals surface area contributed by atoms with E-state index in [2.05, 4.69) is 30.4 Å². The molecule has 0 aliphatic rings. The lowest BCUT2D eigenvalue weighted by Gasteiger charge is -2.08. The molecule has 0 radical (unpaired) electrons. The number of H-pyrrole nitrogens is 1. The Balaban J connectivity index is 1.93. The normalized spacial score (nSPS) is 11.2. The average Bonchev–Trinajstić information content (AvgIpc) is 2.91. The standard InChI is InChI=1S/C10H8F3N5O2/c11-10(12,13)5-20-8-2-1-6(3-14-8)16-9(19)7-4-15-18-17-7/h1-4H,5H2,(H,16,19)(H,15,17,18). The molecule has 0 unspecified atom stereocenters. The maximum absolute atomic E-state index is 11.9. The second-order valence-corrected chi connectivity index (χ2v) is 3.60. The maximum Gasteiger partial charge on any atom is 0.422 e. The van der Waals surface area contributed by atoms with Crippen molar-refractivity contribution in [1.82, 2.24) is 20.4 Å². The predicted molar refractivity (Wildman–Crippen MR) is 60.1 cm³/mol. The fourth-order valence-corrected chi connectivity index (χ4v) is 1.20. The first-order valence-corrected chi connectivity index (χ1v) is 5.27. The second-order valence-electron chi connectivity index (χ2n) is 3.60. The average molecular weight is 287 g/mol. The third-order valence-corrected chi connectivity index (χ3v) is 2.03. The van der Waals surface area contributed by atoms with E-state index in [0.29, 0.717) is 0 Å². The predicted octanol–water partition coefficient (Wildman–Crippen LogP) is 1.39. The molecule has 0 spiro atoms. The molecule has 2 aromatic heterocycles. The highest BCUT2D eigenvalue weighted by atomic mass is 19.4. The summed E-state index contributed by atoms with van der Waals surface area (Å²) in [5, 5.41) is 11.8. The van der Waals surface area contributed by atoms with Crippen molar-refractivity contribution in [2.24, 2.45) is 0 Å². The minimum absolute atomic E-state index is 0.0717. The van der Waals surface area contributed by atoms with E-state index in [1.807, 2.05) is 0 Å². The van der Waals surface area contributed by atoms with Gasteiger partial charge in [-0.1, -0.05) is 0 Å². The van der Waals surface area contributed by atoms with Crippen molar-refractivity contribution in [1.29, 1.82) is 0 Å². The highest BCUT2D eigenvalue weighted by molar-refractivity contribution is 6.02. The molecule has 0 aromatic carbocycles. The van der Waals surface area contributed by atoms with E-state index < -0.39 is 18.7 Å². The molecule has 0 atom stereocenters. The number of anilines is 1. The maximum atomic E-state index is 11.9. The number of carbonyl (C=O) groups is 1. The van der Waals surface area contributed by atoms with Gasteiger partial charge in [-0.15, -0.1) is 0 Å². The van der Waals surface area contributed by atoms with Crippen LogP contribution in [0.5, 0.6) is 5.88 Å². The van der Waals surface area contributed by atoms with Crippen LogP contribution in [0.1, 0.15) is 10.5 Å². The van der Waals surface area contributed by atoms with E-state index in [0.717, 1.165) is 0 Å². The summed E-state index contributed by atoms with van der Waals surface area (Å²) in [4.78, 5) is 15.2. The van der Waals surface area contributed by atoms with Crippen LogP contribution in [-0.2, 0) is 0 Å². The van der Waals surface area contributed by atoms with Gasteiger partial charge in [-0.3, -0.25) is 4.79 Å². The summed E-state index contributed by atoms with van der Waals surface area (Å²) in [6.45, 7) is -1.43. The van der Waals surface area contributed by atoms with E-state index in [9.17, 15) is 18.0 Å². The largest absolute Gasteiger partial charge is 0.468 e. The van der Waals surface area contributed by atoms with Gasteiger partial charge in [0.1, 0.15) is 0 Å². The number of halogens is 3. The van der Waals surface area contributed by atoms with Gasteiger partial charge in [0.05, 0.1) is 18.1 Å². The van der Waals surface area contributed by atoms with Crippen LogP contribution < -0.4 is 10.1 Å². The van der Waals surface area contributed by atoms with Gasteiger partial charge < -0.3 is 10.1 Å². The summed E-state index contributed by atoms with van der Waals surface area (Å²) in [5.74, 6) is -0.716. The van der Waals surface area contributed by atoms with Crippen LogP contribution in [0.4, 0.5) is 18.9 Å². The fourth-order valence-electron chi connectivity index (χ4n) is 1.20. The number of hydrogen-bond acceptors (Lipinski definition) is 5. The molecule has 2 aromatic rings. The summed E-state index contributed by atoms with van der Waals surface area (Å²) < 4.78 is 40.2. The summed E-state index contributed by atoms with van der Waals surface area (Å²) in [6, 6.07) is 2.57. The number of amides is 1. The van der Waals surface area contributed by atoms with Crippen LogP contribution in [0.2, 0.25) is 0 Å². The van der Waals surface area contributed by atoms with Crippen LogP contribution in [-0.4, -0.2) is 39.1 Å². The zero-order chi connectivity index (χ0) is 14.6. The van der Waals surface area contributed by atoms with Gasteiger partial charge in [-0.25, -0.2) is 4.98 Å².